The molecule has 0 fully saturated rings. The standard InChI is InChI=1S/C13H14N4/c1-10-2-3-11(7-14)13(6-10)16-5-4-12-8-15-9-17-12/h2-3,6,8-9,16H,4-5H2,1H3,(H,15,17). The van der Waals surface area contributed by atoms with Gasteiger partial charge in [0.15, 0.2) is 0 Å². The number of nitrogens with zero attached hydrogens (tertiary/aromatic N) is 2. The van der Waals surface area contributed by atoms with Crippen LogP contribution < -0.4 is 5.32 Å². The topological polar surface area (TPSA) is 64.5 Å². The fourth-order valence-corrected chi connectivity index (χ4v) is 1.66. The number of hydrogen-bond acceptors (Lipinski definition) is 3. The van der Waals surface area contributed by atoms with Crippen molar-refractivity contribution in [3.05, 3.63) is 47.5 Å². The van der Waals surface area contributed by atoms with Gasteiger partial charge in [0.2, 0.25) is 0 Å². The van der Waals surface area contributed by atoms with Gasteiger partial charge in [-0.05, 0) is 24.6 Å². The van der Waals surface area contributed by atoms with Crippen LogP contribution in [0.2, 0.25) is 0 Å². The van der Waals surface area contributed by atoms with E-state index in [9.17, 15) is 0 Å². The molecule has 1 aromatic heterocycles. The summed E-state index contributed by atoms with van der Waals surface area (Å²) in [6.45, 7) is 2.79. The molecular formula is C13H14N4. The second-order valence-electron chi connectivity index (χ2n) is 3.91. The first-order valence-corrected chi connectivity index (χ1v) is 5.51. The van der Waals surface area contributed by atoms with Crippen LogP contribution >= 0.6 is 0 Å². The predicted octanol–water partition coefficient (Wildman–Crippen LogP) is 2.24. The number of nitriles is 1. The molecule has 1 aromatic carbocycles. The summed E-state index contributed by atoms with van der Waals surface area (Å²) in [7, 11) is 0. The molecule has 4 heteroatoms. The van der Waals surface area contributed by atoms with Crippen molar-refractivity contribution >= 4 is 5.69 Å². The summed E-state index contributed by atoms with van der Waals surface area (Å²) < 4.78 is 0. The van der Waals surface area contributed by atoms with E-state index in [0.717, 1.165) is 29.9 Å². The third-order valence-corrected chi connectivity index (χ3v) is 2.56. The number of benzene rings is 1. The average Bonchev–Trinajstić information content (AvgIpc) is 2.82. The molecule has 17 heavy (non-hydrogen) atoms. The second kappa shape index (κ2) is 5.17. The summed E-state index contributed by atoms with van der Waals surface area (Å²) in [6, 6.07) is 7.96. The predicted molar refractivity (Wildman–Crippen MR) is 66.7 cm³/mol. The lowest BCUT2D eigenvalue weighted by Crippen LogP contribution is -2.06. The minimum Gasteiger partial charge on any atom is -0.384 e. The lowest BCUT2D eigenvalue weighted by molar-refractivity contribution is 0.976. The van der Waals surface area contributed by atoms with Gasteiger partial charge in [-0.25, -0.2) is 4.98 Å². The SMILES string of the molecule is Cc1ccc(C#N)c(NCCc2cnc[nH]2)c1. The number of aryl methyl sites for hydroxylation is 1. The number of nitrogens with one attached hydrogen (secondary N) is 2. The van der Waals surface area contributed by atoms with Crippen LogP contribution in [0.1, 0.15) is 16.8 Å². The molecule has 0 saturated heterocycles. The number of anilines is 1. The summed E-state index contributed by atoms with van der Waals surface area (Å²) in [5.74, 6) is 0. The number of aromatic nitrogens is 2. The highest BCUT2D eigenvalue weighted by Gasteiger charge is 2.01. The molecule has 2 rings (SSSR count). The molecule has 0 atom stereocenters. The van der Waals surface area contributed by atoms with Crippen molar-refractivity contribution in [1.82, 2.24) is 9.97 Å². The van der Waals surface area contributed by atoms with Gasteiger partial charge in [-0.2, -0.15) is 5.26 Å². The van der Waals surface area contributed by atoms with E-state index in [2.05, 4.69) is 21.4 Å². The highest BCUT2D eigenvalue weighted by Crippen LogP contribution is 2.16. The second-order valence-corrected chi connectivity index (χ2v) is 3.91. The Kier molecular flexibility index (Phi) is 3.41. The van der Waals surface area contributed by atoms with Crippen LogP contribution in [0.15, 0.2) is 30.7 Å². The molecule has 0 radical (unpaired) electrons. The largest absolute Gasteiger partial charge is 0.384 e. The Morgan fingerprint density at radius 3 is 3.06 bits per heavy atom. The molecule has 2 aromatic rings. The van der Waals surface area contributed by atoms with Crippen molar-refractivity contribution < 1.29 is 0 Å². The molecule has 0 aliphatic carbocycles. The molecule has 0 spiro atoms. The highest BCUT2D eigenvalue weighted by atomic mass is 14.9. The van der Waals surface area contributed by atoms with Gasteiger partial charge in [-0.1, -0.05) is 6.07 Å². The first kappa shape index (κ1) is 11.2. The summed E-state index contributed by atoms with van der Waals surface area (Å²) in [4.78, 5) is 7.01. The Morgan fingerprint density at radius 2 is 2.35 bits per heavy atom. The third kappa shape index (κ3) is 2.85. The third-order valence-electron chi connectivity index (χ3n) is 2.56. The molecule has 0 saturated carbocycles. The van der Waals surface area contributed by atoms with Crippen LogP contribution in [-0.2, 0) is 6.42 Å². The average molecular weight is 226 g/mol. The number of H-pyrrole nitrogens is 1. The first-order valence-electron chi connectivity index (χ1n) is 5.51. The van der Waals surface area contributed by atoms with E-state index in [1.807, 2.05) is 31.3 Å². The summed E-state index contributed by atoms with van der Waals surface area (Å²) in [5, 5.41) is 12.3. The summed E-state index contributed by atoms with van der Waals surface area (Å²) >= 11 is 0. The van der Waals surface area contributed by atoms with E-state index in [1.165, 1.54) is 0 Å². The minimum atomic E-state index is 0.681. The van der Waals surface area contributed by atoms with Gasteiger partial charge in [-0.15, -0.1) is 0 Å². The van der Waals surface area contributed by atoms with Crippen molar-refractivity contribution in [2.24, 2.45) is 0 Å². The van der Waals surface area contributed by atoms with Crippen molar-refractivity contribution in [2.75, 3.05) is 11.9 Å². The number of imidazole rings is 1. The summed E-state index contributed by atoms with van der Waals surface area (Å²) in [5.41, 5.74) is 3.81. The summed E-state index contributed by atoms with van der Waals surface area (Å²) in [6.07, 6.45) is 4.34. The van der Waals surface area contributed by atoms with Crippen LogP contribution in [0.5, 0.6) is 0 Å². The maximum atomic E-state index is 8.99. The Labute approximate surface area is 100 Å². The fourth-order valence-electron chi connectivity index (χ4n) is 1.66. The van der Waals surface area contributed by atoms with E-state index in [1.54, 1.807) is 6.33 Å². The van der Waals surface area contributed by atoms with Gasteiger partial charge in [-0.3, -0.25) is 0 Å². The lowest BCUT2D eigenvalue weighted by Gasteiger charge is -2.08. The molecule has 0 bridgehead atoms. The van der Waals surface area contributed by atoms with Gasteiger partial charge in [0.25, 0.3) is 0 Å². The van der Waals surface area contributed by atoms with Crippen LogP contribution in [0, 0.1) is 18.3 Å². The van der Waals surface area contributed by atoms with Crippen LogP contribution in [0.3, 0.4) is 0 Å². The van der Waals surface area contributed by atoms with Gasteiger partial charge in [0.1, 0.15) is 6.07 Å². The van der Waals surface area contributed by atoms with E-state index in [-0.39, 0.29) is 0 Å². The molecular weight excluding hydrogens is 212 g/mol. The normalized spacial score (nSPS) is 9.88. The fraction of sp³-hybridized carbons (Fsp3) is 0.231. The molecule has 4 nitrogen and oxygen atoms in total. The van der Waals surface area contributed by atoms with Gasteiger partial charge in [0, 0.05) is 24.9 Å². The first-order chi connectivity index (χ1) is 8.29. The maximum Gasteiger partial charge on any atom is 0.101 e. The maximum absolute atomic E-state index is 8.99. The van der Waals surface area contributed by atoms with E-state index < -0.39 is 0 Å². The Morgan fingerprint density at radius 1 is 1.47 bits per heavy atom. The zero-order valence-electron chi connectivity index (χ0n) is 9.70. The van der Waals surface area contributed by atoms with Crippen molar-refractivity contribution in [3.8, 4) is 6.07 Å². The highest BCUT2D eigenvalue weighted by molar-refractivity contribution is 5.58. The number of hydrogen-bond donors (Lipinski definition) is 2. The lowest BCUT2D eigenvalue weighted by atomic mass is 10.1. The van der Waals surface area contributed by atoms with Crippen LogP contribution in [0.4, 0.5) is 5.69 Å². The van der Waals surface area contributed by atoms with E-state index >= 15 is 0 Å². The zero-order valence-corrected chi connectivity index (χ0v) is 9.70. The molecule has 0 aliphatic heterocycles. The van der Waals surface area contributed by atoms with E-state index in [4.69, 9.17) is 5.26 Å². The Balaban J connectivity index is 1.99. The van der Waals surface area contributed by atoms with E-state index in [0.29, 0.717) is 5.56 Å². The molecule has 86 valence electrons. The molecule has 0 aliphatic rings. The van der Waals surface area contributed by atoms with Gasteiger partial charge >= 0.3 is 0 Å². The van der Waals surface area contributed by atoms with Crippen LogP contribution in [-0.4, -0.2) is 16.5 Å². The molecule has 1 heterocycles. The minimum absolute atomic E-state index is 0.681. The quantitative estimate of drug-likeness (QED) is 0.840. The molecule has 0 unspecified atom stereocenters. The molecule has 0 amide bonds. The van der Waals surface area contributed by atoms with Crippen LogP contribution in [0.25, 0.3) is 0 Å². The van der Waals surface area contributed by atoms with Gasteiger partial charge in [0.05, 0.1) is 17.6 Å². The Hall–Kier alpha value is -2.28. The number of rotatable bonds is 4. The van der Waals surface area contributed by atoms with Crippen molar-refractivity contribution in [3.63, 3.8) is 0 Å². The zero-order chi connectivity index (χ0) is 12.1. The molecule has 2 N–H and O–H groups in total. The van der Waals surface area contributed by atoms with Gasteiger partial charge < -0.3 is 10.3 Å². The van der Waals surface area contributed by atoms with Crippen molar-refractivity contribution in [1.29, 1.82) is 5.26 Å². The smallest absolute Gasteiger partial charge is 0.101 e. The Bertz CT molecular complexity index is 523. The van der Waals surface area contributed by atoms with Crippen molar-refractivity contribution in [2.45, 2.75) is 13.3 Å². The monoisotopic (exact) mass is 226 g/mol. The number of aromatic amines is 1.